The Hall–Kier alpha value is -1.47. The van der Waals surface area contributed by atoms with Gasteiger partial charge in [-0.2, -0.15) is 0 Å². The van der Waals surface area contributed by atoms with E-state index in [1.807, 2.05) is 32.0 Å². The largest absolute Gasteiger partial charge is 0.321 e. The minimum atomic E-state index is -2.00. The van der Waals surface area contributed by atoms with Gasteiger partial charge in [-0.05, 0) is 42.2 Å². The van der Waals surface area contributed by atoms with E-state index in [4.69, 9.17) is 69.6 Å². The first-order chi connectivity index (χ1) is 17.4. The molecule has 1 saturated carbocycles. The van der Waals surface area contributed by atoms with Gasteiger partial charge in [0.25, 0.3) is 5.91 Å². The number of amides is 3. The lowest BCUT2D eigenvalue weighted by Crippen LogP contribution is -2.50. The summed E-state index contributed by atoms with van der Waals surface area (Å²) in [6, 6.07) is 12.1. The Balaban J connectivity index is 1.50. The molecule has 0 radical (unpaired) electrons. The van der Waals surface area contributed by atoms with E-state index in [0.717, 1.165) is 34.6 Å². The second kappa shape index (κ2) is 9.04. The van der Waals surface area contributed by atoms with Gasteiger partial charge >= 0.3 is 0 Å². The van der Waals surface area contributed by atoms with Gasteiger partial charge < -0.3 is 5.32 Å². The first-order valence-electron chi connectivity index (χ1n) is 11.6. The lowest BCUT2D eigenvalue weighted by Gasteiger charge is -2.34. The third-order valence-corrected chi connectivity index (χ3v) is 11.8. The zero-order chi connectivity index (χ0) is 27.1. The van der Waals surface area contributed by atoms with E-state index in [1.165, 1.54) is 6.07 Å². The summed E-state index contributed by atoms with van der Waals surface area (Å²) in [6.45, 7) is 4.02. The smallest absolute Gasteiger partial charge is 0.255 e. The number of hydrogen-bond donors (Lipinski definition) is 1. The van der Waals surface area contributed by atoms with Crippen LogP contribution in [0.3, 0.4) is 0 Å². The Labute approximate surface area is 244 Å². The fourth-order valence-electron chi connectivity index (χ4n) is 5.62. The highest BCUT2D eigenvalue weighted by molar-refractivity contribution is 6.67. The topological polar surface area (TPSA) is 66.5 Å². The summed E-state index contributed by atoms with van der Waals surface area (Å²) < 4.78 is -2.00. The standard InChI is InChI=1S/C26H20Cl6N2O3/c1-3-12-7-5-8-13(4-2)18(12)33-21(35)14-9-6-10-15(11-14)34-22(36)16-17(23(34)37)25(30)20(28)19(27)24(16,29)26(25,31)32/h5-11,16-17H,3-4H2,1-2H3,(H,33,35)/t16-,17-,24+,25+/m0/s1. The van der Waals surface area contributed by atoms with Crippen LogP contribution in [0, 0.1) is 11.8 Å². The highest BCUT2D eigenvalue weighted by Crippen LogP contribution is 2.77. The fourth-order valence-corrected chi connectivity index (χ4v) is 8.55. The van der Waals surface area contributed by atoms with Crippen molar-refractivity contribution in [2.75, 3.05) is 10.2 Å². The SMILES string of the molecule is CCc1cccc(CC)c1NC(=O)c1cccc(N2C(=O)[C@@H]3[C@@H](C2=O)[C@@]2(Cl)C(Cl)=C(Cl)[C@@]3(Cl)C2(Cl)Cl)c1. The number of carbonyl (C=O) groups is 3. The minimum absolute atomic E-state index is 0.158. The summed E-state index contributed by atoms with van der Waals surface area (Å²) >= 11 is 39.4. The Bertz CT molecular complexity index is 1340. The van der Waals surface area contributed by atoms with Crippen LogP contribution in [0.4, 0.5) is 11.4 Å². The molecule has 4 atom stereocenters. The second-order valence-corrected chi connectivity index (χ2v) is 12.5. The Morgan fingerprint density at radius 3 is 1.84 bits per heavy atom. The average molecular weight is 621 g/mol. The van der Waals surface area contributed by atoms with E-state index in [0.29, 0.717) is 0 Å². The number of para-hydroxylation sites is 1. The quantitative estimate of drug-likeness (QED) is 0.289. The number of alkyl halides is 4. The monoisotopic (exact) mass is 618 g/mol. The molecule has 1 saturated heterocycles. The molecule has 11 heteroatoms. The van der Waals surface area contributed by atoms with Crippen molar-refractivity contribution in [1.82, 2.24) is 0 Å². The maximum Gasteiger partial charge on any atom is 0.255 e. The van der Waals surface area contributed by atoms with Gasteiger partial charge in [0.15, 0.2) is 4.33 Å². The molecule has 0 unspecified atom stereocenters. The number of allylic oxidation sites excluding steroid dienone is 2. The van der Waals surface area contributed by atoms with Gasteiger partial charge in [-0.15, -0.1) is 23.2 Å². The Kier molecular flexibility index (Phi) is 6.62. The van der Waals surface area contributed by atoms with E-state index >= 15 is 0 Å². The lowest BCUT2D eigenvalue weighted by molar-refractivity contribution is -0.123. The van der Waals surface area contributed by atoms with Gasteiger partial charge in [-0.1, -0.05) is 84.5 Å². The molecule has 1 N–H and O–H groups in total. The molecule has 0 spiro atoms. The Morgan fingerprint density at radius 1 is 0.865 bits per heavy atom. The van der Waals surface area contributed by atoms with Crippen LogP contribution >= 0.6 is 69.6 Å². The normalized spacial score (nSPS) is 29.8. The molecule has 194 valence electrons. The van der Waals surface area contributed by atoms with Crippen molar-refractivity contribution in [1.29, 1.82) is 0 Å². The third kappa shape index (κ3) is 3.34. The van der Waals surface area contributed by atoms with Crippen molar-refractivity contribution in [2.45, 2.75) is 40.8 Å². The number of hydrogen-bond acceptors (Lipinski definition) is 3. The molecule has 2 aromatic carbocycles. The average Bonchev–Trinajstić information content (AvgIpc) is 3.27. The van der Waals surface area contributed by atoms with E-state index in [2.05, 4.69) is 5.32 Å². The number of halogens is 6. The predicted molar refractivity (Wildman–Crippen MR) is 149 cm³/mol. The van der Waals surface area contributed by atoms with Crippen LogP contribution in [0.5, 0.6) is 0 Å². The molecule has 1 heterocycles. The molecule has 2 bridgehead atoms. The van der Waals surface area contributed by atoms with Gasteiger partial charge in [0.2, 0.25) is 11.8 Å². The van der Waals surface area contributed by atoms with Crippen molar-refractivity contribution in [3.8, 4) is 0 Å². The highest BCUT2D eigenvalue weighted by Gasteiger charge is 2.87. The molecular formula is C26H20Cl6N2O3. The zero-order valence-electron chi connectivity index (χ0n) is 19.6. The number of anilines is 2. The lowest BCUT2D eigenvalue weighted by atomic mass is 9.84. The van der Waals surface area contributed by atoms with Gasteiger partial charge in [0.1, 0.15) is 9.75 Å². The summed E-state index contributed by atoms with van der Waals surface area (Å²) in [5.74, 6) is -4.23. The fraction of sp³-hybridized carbons (Fsp3) is 0.346. The van der Waals surface area contributed by atoms with E-state index in [-0.39, 0.29) is 27.2 Å². The van der Waals surface area contributed by atoms with Crippen molar-refractivity contribution < 1.29 is 14.4 Å². The van der Waals surface area contributed by atoms with Gasteiger partial charge in [-0.3, -0.25) is 14.4 Å². The summed E-state index contributed by atoms with van der Waals surface area (Å²) in [4.78, 5) is 37.7. The molecule has 0 aromatic heterocycles. The molecule has 5 nitrogen and oxygen atoms in total. The van der Waals surface area contributed by atoms with Crippen LogP contribution in [-0.4, -0.2) is 31.8 Å². The van der Waals surface area contributed by atoms with E-state index in [1.54, 1.807) is 18.2 Å². The van der Waals surface area contributed by atoms with Crippen molar-refractivity contribution in [3.05, 3.63) is 69.2 Å². The van der Waals surface area contributed by atoms with Crippen LogP contribution in [-0.2, 0) is 22.4 Å². The van der Waals surface area contributed by atoms with E-state index in [9.17, 15) is 14.4 Å². The molecule has 2 fully saturated rings. The van der Waals surface area contributed by atoms with Crippen molar-refractivity contribution in [3.63, 3.8) is 0 Å². The molecule has 2 aromatic rings. The molecule has 5 rings (SSSR count). The molecule has 3 amide bonds. The predicted octanol–water partition coefficient (Wildman–Crippen LogP) is 7.01. The number of aryl methyl sites for hydroxylation is 2. The van der Waals surface area contributed by atoms with Crippen LogP contribution < -0.4 is 10.2 Å². The molecule has 37 heavy (non-hydrogen) atoms. The van der Waals surface area contributed by atoms with Crippen LogP contribution in [0.15, 0.2) is 52.5 Å². The summed E-state index contributed by atoms with van der Waals surface area (Å²) in [6.07, 6.45) is 1.48. The second-order valence-electron chi connectivity index (χ2n) is 9.26. The zero-order valence-corrected chi connectivity index (χ0v) is 24.1. The van der Waals surface area contributed by atoms with Gasteiger partial charge in [0.05, 0.1) is 27.6 Å². The van der Waals surface area contributed by atoms with Gasteiger partial charge in [0, 0.05) is 11.3 Å². The minimum Gasteiger partial charge on any atom is -0.321 e. The number of nitrogens with zero attached hydrogens (tertiary/aromatic N) is 1. The summed E-state index contributed by atoms with van der Waals surface area (Å²) in [5, 5.41) is 2.67. The maximum absolute atomic E-state index is 13.6. The van der Waals surface area contributed by atoms with Crippen molar-refractivity contribution in [2.24, 2.45) is 11.8 Å². The number of fused-ring (bicyclic) bond motifs is 5. The first kappa shape index (κ1) is 27.1. The molecule has 1 aliphatic heterocycles. The summed E-state index contributed by atoms with van der Waals surface area (Å²) in [5.41, 5.74) is 3.20. The number of imide groups is 1. The van der Waals surface area contributed by atoms with Gasteiger partial charge in [-0.25, -0.2) is 4.90 Å². The molecular weight excluding hydrogens is 601 g/mol. The maximum atomic E-state index is 13.6. The number of nitrogens with one attached hydrogen (secondary N) is 1. The van der Waals surface area contributed by atoms with E-state index < -0.39 is 37.7 Å². The molecule has 2 aliphatic carbocycles. The first-order valence-corrected chi connectivity index (χ1v) is 13.9. The number of carbonyl (C=O) groups excluding carboxylic acids is 3. The summed E-state index contributed by atoms with van der Waals surface area (Å²) in [7, 11) is 0. The highest BCUT2D eigenvalue weighted by atomic mass is 35.5. The third-order valence-electron chi connectivity index (χ3n) is 7.51. The molecule has 3 aliphatic rings. The van der Waals surface area contributed by atoms with Crippen LogP contribution in [0.1, 0.15) is 35.3 Å². The number of benzene rings is 2. The van der Waals surface area contributed by atoms with Crippen LogP contribution in [0.25, 0.3) is 0 Å². The van der Waals surface area contributed by atoms with Crippen molar-refractivity contribution >= 4 is 98.7 Å². The number of rotatable bonds is 5. The Morgan fingerprint density at radius 2 is 1.35 bits per heavy atom. The van der Waals surface area contributed by atoms with Crippen LogP contribution in [0.2, 0.25) is 0 Å².